The van der Waals surface area contributed by atoms with Crippen LogP contribution in [0.5, 0.6) is 11.6 Å². The predicted molar refractivity (Wildman–Crippen MR) is 84.4 cm³/mol. The fourth-order valence-electron chi connectivity index (χ4n) is 2.07. The zero-order valence-corrected chi connectivity index (χ0v) is 13.4. The Kier molecular flexibility index (Phi) is 4.88. The Labute approximate surface area is 149 Å². The second-order valence-corrected chi connectivity index (χ2v) is 5.25. The van der Waals surface area contributed by atoms with Gasteiger partial charge in [-0.3, -0.25) is 0 Å². The maximum Gasteiger partial charge on any atom is 0.331 e. The summed E-state index contributed by atoms with van der Waals surface area (Å²) in [4.78, 5) is 18.1. The highest BCUT2D eigenvalue weighted by Crippen LogP contribution is 2.30. The van der Waals surface area contributed by atoms with Gasteiger partial charge < -0.3 is 14.4 Å². The Morgan fingerprint density at radius 2 is 1.93 bits per heavy atom. The lowest BCUT2D eigenvalue weighted by Crippen LogP contribution is -2.02. The first kappa shape index (κ1) is 18.1. The first-order chi connectivity index (χ1) is 12.8. The molecule has 0 fully saturated rings. The monoisotopic (exact) mass is 377 g/mol. The standard InChI is InChI=1S/C17H10F3N3O4/c1-8(17(24)25)5-13-22-15(23-27-13)14-11(19)6-9(7-12(14)20)26-16-10(18)3-2-4-21-16/h2-4,6-7H,1,5H2,(H,24,25). The van der Waals surface area contributed by atoms with E-state index in [1.165, 1.54) is 12.3 Å². The third kappa shape index (κ3) is 3.94. The maximum absolute atomic E-state index is 14.3. The highest BCUT2D eigenvalue weighted by molar-refractivity contribution is 5.86. The Hall–Kier alpha value is -3.69. The molecule has 138 valence electrons. The number of carboxylic acid groups (broad SMARTS) is 1. The number of nitrogens with zero attached hydrogens (tertiary/aromatic N) is 3. The van der Waals surface area contributed by atoms with Gasteiger partial charge in [0.15, 0.2) is 5.82 Å². The molecule has 27 heavy (non-hydrogen) atoms. The molecule has 3 rings (SSSR count). The van der Waals surface area contributed by atoms with Crippen molar-refractivity contribution in [1.29, 1.82) is 0 Å². The van der Waals surface area contributed by atoms with E-state index in [0.717, 1.165) is 18.2 Å². The molecule has 0 spiro atoms. The Balaban J connectivity index is 1.87. The molecule has 2 aromatic heterocycles. The fourth-order valence-corrected chi connectivity index (χ4v) is 2.07. The largest absolute Gasteiger partial charge is 0.478 e. The van der Waals surface area contributed by atoms with Crippen molar-refractivity contribution in [3.63, 3.8) is 0 Å². The zero-order valence-electron chi connectivity index (χ0n) is 13.4. The van der Waals surface area contributed by atoms with E-state index in [2.05, 4.69) is 21.7 Å². The Morgan fingerprint density at radius 3 is 2.56 bits per heavy atom. The Bertz CT molecular complexity index is 1010. The second kappa shape index (κ2) is 7.28. The molecule has 0 radical (unpaired) electrons. The quantitative estimate of drug-likeness (QED) is 0.656. The van der Waals surface area contributed by atoms with Crippen molar-refractivity contribution in [3.8, 4) is 23.0 Å². The molecule has 0 unspecified atom stereocenters. The van der Waals surface area contributed by atoms with Crippen LogP contribution in [0.25, 0.3) is 11.4 Å². The van der Waals surface area contributed by atoms with E-state index < -0.39 is 40.7 Å². The molecule has 0 atom stereocenters. The van der Waals surface area contributed by atoms with Gasteiger partial charge in [-0.2, -0.15) is 4.98 Å². The second-order valence-electron chi connectivity index (χ2n) is 5.25. The van der Waals surface area contributed by atoms with Gasteiger partial charge in [0.25, 0.3) is 5.88 Å². The van der Waals surface area contributed by atoms with Crippen molar-refractivity contribution in [2.45, 2.75) is 6.42 Å². The SMILES string of the molecule is C=C(Cc1nc(-c2c(F)cc(Oc3ncccc3F)cc2F)no1)C(=O)O. The van der Waals surface area contributed by atoms with Crippen LogP contribution in [0.4, 0.5) is 13.2 Å². The van der Waals surface area contributed by atoms with Crippen LogP contribution >= 0.6 is 0 Å². The number of ether oxygens (including phenoxy) is 1. The van der Waals surface area contributed by atoms with Crippen molar-refractivity contribution < 1.29 is 32.3 Å². The van der Waals surface area contributed by atoms with E-state index >= 15 is 0 Å². The average molecular weight is 377 g/mol. The summed E-state index contributed by atoms with van der Waals surface area (Å²) in [5, 5.41) is 12.2. The molecule has 3 aromatic rings. The molecule has 7 nitrogen and oxygen atoms in total. The molecule has 1 N–H and O–H groups in total. The summed E-state index contributed by atoms with van der Waals surface area (Å²) in [6.07, 6.45) is 0.969. The van der Waals surface area contributed by atoms with Crippen LogP contribution in [0.1, 0.15) is 5.89 Å². The lowest BCUT2D eigenvalue weighted by atomic mass is 10.1. The topological polar surface area (TPSA) is 98.3 Å². The van der Waals surface area contributed by atoms with E-state index in [9.17, 15) is 18.0 Å². The molecular weight excluding hydrogens is 367 g/mol. The summed E-state index contributed by atoms with van der Waals surface area (Å²) in [7, 11) is 0. The summed E-state index contributed by atoms with van der Waals surface area (Å²) in [6.45, 7) is 3.30. The number of aliphatic carboxylic acids is 1. The fraction of sp³-hybridized carbons (Fsp3) is 0.0588. The van der Waals surface area contributed by atoms with Gasteiger partial charge in [-0.25, -0.2) is 22.9 Å². The van der Waals surface area contributed by atoms with Crippen molar-refractivity contribution >= 4 is 5.97 Å². The summed E-state index contributed by atoms with van der Waals surface area (Å²) in [6, 6.07) is 4.02. The van der Waals surface area contributed by atoms with E-state index in [0.29, 0.717) is 0 Å². The minimum absolute atomic E-state index is 0.174. The highest BCUT2D eigenvalue weighted by atomic mass is 19.1. The van der Waals surface area contributed by atoms with Gasteiger partial charge in [0.1, 0.15) is 17.4 Å². The molecule has 0 aliphatic carbocycles. The van der Waals surface area contributed by atoms with E-state index in [1.54, 1.807) is 0 Å². The summed E-state index contributed by atoms with van der Waals surface area (Å²) in [5.41, 5.74) is -0.841. The summed E-state index contributed by atoms with van der Waals surface area (Å²) < 4.78 is 52.0. The van der Waals surface area contributed by atoms with Crippen LogP contribution in [0.2, 0.25) is 0 Å². The molecule has 0 aliphatic rings. The molecule has 0 saturated heterocycles. The molecule has 0 amide bonds. The van der Waals surface area contributed by atoms with Gasteiger partial charge in [-0.05, 0) is 12.1 Å². The number of rotatable bonds is 6. The number of carbonyl (C=O) groups is 1. The van der Waals surface area contributed by atoms with Gasteiger partial charge in [0.2, 0.25) is 11.7 Å². The van der Waals surface area contributed by atoms with Gasteiger partial charge in [0, 0.05) is 23.9 Å². The average Bonchev–Trinajstić information content (AvgIpc) is 3.04. The van der Waals surface area contributed by atoms with Crippen LogP contribution in [0.3, 0.4) is 0 Å². The van der Waals surface area contributed by atoms with Crippen LogP contribution in [0.15, 0.2) is 47.1 Å². The van der Waals surface area contributed by atoms with Crippen molar-refractivity contribution in [1.82, 2.24) is 15.1 Å². The number of pyridine rings is 1. The third-order valence-corrected chi connectivity index (χ3v) is 3.31. The van der Waals surface area contributed by atoms with Crippen LogP contribution in [-0.4, -0.2) is 26.2 Å². The third-order valence-electron chi connectivity index (χ3n) is 3.31. The highest BCUT2D eigenvalue weighted by Gasteiger charge is 2.21. The molecule has 0 bridgehead atoms. The van der Waals surface area contributed by atoms with Gasteiger partial charge >= 0.3 is 5.97 Å². The smallest absolute Gasteiger partial charge is 0.331 e. The molecule has 0 aliphatic heterocycles. The maximum atomic E-state index is 14.3. The number of aromatic nitrogens is 3. The number of carboxylic acids is 1. The van der Waals surface area contributed by atoms with Crippen LogP contribution < -0.4 is 4.74 Å². The Morgan fingerprint density at radius 1 is 1.22 bits per heavy atom. The normalized spacial score (nSPS) is 10.6. The molecule has 0 saturated carbocycles. The molecular formula is C17H10F3N3O4. The number of halogens is 3. The molecule has 1 aromatic carbocycles. The van der Waals surface area contributed by atoms with Gasteiger partial charge in [0.05, 0.1) is 12.0 Å². The zero-order chi connectivity index (χ0) is 19.6. The van der Waals surface area contributed by atoms with Gasteiger partial charge in [-0.15, -0.1) is 0 Å². The lowest BCUT2D eigenvalue weighted by molar-refractivity contribution is -0.132. The molecule has 10 heteroatoms. The number of hydrogen-bond donors (Lipinski definition) is 1. The first-order valence-corrected chi connectivity index (χ1v) is 7.36. The van der Waals surface area contributed by atoms with Gasteiger partial charge in [-0.1, -0.05) is 11.7 Å². The van der Waals surface area contributed by atoms with E-state index in [4.69, 9.17) is 14.4 Å². The number of hydrogen-bond acceptors (Lipinski definition) is 6. The minimum Gasteiger partial charge on any atom is -0.478 e. The lowest BCUT2D eigenvalue weighted by Gasteiger charge is -2.07. The van der Waals surface area contributed by atoms with Crippen LogP contribution in [-0.2, 0) is 11.2 Å². The molecule has 2 heterocycles. The van der Waals surface area contributed by atoms with E-state index in [-0.39, 0.29) is 23.6 Å². The summed E-state index contributed by atoms with van der Waals surface area (Å²) >= 11 is 0. The summed E-state index contributed by atoms with van der Waals surface area (Å²) in [5.74, 6) is -5.62. The number of benzene rings is 1. The minimum atomic E-state index is -1.27. The van der Waals surface area contributed by atoms with E-state index in [1.807, 2.05) is 0 Å². The predicted octanol–water partition coefficient (Wildman–Crippen LogP) is 3.52. The van der Waals surface area contributed by atoms with Crippen molar-refractivity contribution in [2.75, 3.05) is 0 Å². The van der Waals surface area contributed by atoms with Crippen LogP contribution in [0, 0.1) is 17.5 Å². The van der Waals surface area contributed by atoms with Crippen molar-refractivity contribution in [3.05, 3.63) is 66.0 Å². The van der Waals surface area contributed by atoms with Crippen molar-refractivity contribution in [2.24, 2.45) is 0 Å². The first-order valence-electron chi connectivity index (χ1n) is 7.36.